The molecule has 0 atom stereocenters. The lowest BCUT2D eigenvalue weighted by atomic mass is 9.90. The van der Waals surface area contributed by atoms with Crippen LogP contribution in [0.5, 0.6) is 0 Å². The third-order valence-electron chi connectivity index (χ3n) is 6.86. The number of carbonyl (C=O) groups excluding carboxylic acids is 2. The molecule has 0 unspecified atom stereocenters. The summed E-state index contributed by atoms with van der Waals surface area (Å²) >= 11 is 0. The van der Waals surface area contributed by atoms with E-state index < -0.39 is 5.97 Å². The molecule has 38 heavy (non-hydrogen) atoms. The lowest BCUT2D eigenvalue weighted by Gasteiger charge is -2.17. The van der Waals surface area contributed by atoms with Crippen LogP contribution in [0.4, 0.5) is 0 Å². The number of carboxylic acid groups (broad SMARTS) is 1. The van der Waals surface area contributed by atoms with E-state index in [-0.39, 0.29) is 22.8 Å². The van der Waals surface area contributed by atoms with Crippen LogP contribution in [-0.4, -0.2) is 32.2 Å². The summed E-state index contributed by atoms with van der Waals surface area (Å²) in [6.07, 6.45) is 0.467. The summed E-state index contributed by atoms with van der Waals surface area (Å²) in [5.41, 5.74) is 4.82. The fourth-order valence-corrected chi connectivity index (χ4v) is 5.00. The molecule has 184 valence electrons. The minimum absolute atomic E-state index is 0.187. The van der Waals surface area contributed by atoms with Crippen molar-refractivity contribution in [2.45, 2.75) is 13.0 Å². The molecule has 1 aliphatic rings. The minimum Gasteiger partial charge on any atom is -0.478 e. The Labute approximate surface area is 218 Å². The van der Waals surface area contributed by atoms with Gasteiger partial charge in [0.25, 0.3) is 0 Å². The van der Waals surface area contributed by atoms with Crippen LogP contribution >= 0.6 is 0 Å². The molecule has 0 spiro atoms. The fraction of sp³-hybridized carbons (Fsp3) is 0.0625. The van der Waals surface area contributed by atoms with E-state index in [1.165, 1.54) is 0 Å². The van der Waals surface area contributed by atoms with Gasteiger partial charge in [-0.05, 0) is 28.3 Å². The second-order valence-electron chi connectivity index (χ2n) is 9.23. The van der Waals surface area contributed by atoms with Crippen molar-refractivity contribution in [1.82, 2.24) is 9.55 Å². The third-order valence-corrected chi connectivity index (χ3v) is 6.86. The van der Waals surface area contributed by atoms with Crippen molar-refractivity contribution in [3.63, 3.8) is 0 Å². The van der Waals surface area contributed by atoms with Crippen LogP contribution in [0.2, 0.25) is 0 Å². The highest BCUT2D eigenvalue weighted by Gasteiger charge is 2.35. The standard InChI is InChI=1S/C32H22N2O4/c35-30-24-11-5-6-12-25(24)31(36)29-28(30)33-27(18-20-8-2-1-3-9-20)34(29)19-21-14-16-22(17-15-21)23-10-4-7-13-26(23)32(37)38/h1-17H,18-19H2,(H,37,38). The van der Waals surface area contributed by atoms with Gasteiger partial charge in [0.2, 0.25) is 11.6 Å². The molecule has 1 heterocycles. The molecule has 0 fully saturated rings. The number of rotatable bonds is 6. The summed E-state index contributed by atoms with van der Waals surface area (Å²) in [5.74, 6) is -0.808. The van der Waals surface area contributed by atoms with Gasteiger partial charge in [0.15, 0.2) is 0 Å². The highest BCUT2D eigenvalue weighted by molar-refractivity contribution is 6.27. The molecule has 1 aromatic heterocycles. The molecule has 0 aliphatic heterocycles. The number of imidazole rings is 1. The third kappa shape index (κ3) is 4.02. The van der Waals surface area contributed by atoms with E-state index in [4.69, 9.17) is 4.98 Å². The second kappa shape index (κ2) is 9.41. The summed E-state index contributed by atoms with van der Waals surface area (Å²) in [4.78, 5) is 43.3. The summed E-state index contributed by atoms with van der Waals surface area (Å²) in [6, 6.07) is 31.1. The van der Waals surface area contributed by atoms with E-state index in [9.17, 15) is 19.5 Å². The number of fused-ring (bicyclic) bond motifs is 2. The van der Waals surface area contributed by atoms with Gasteiger partial charge < -0.3 is 9.67 Å². The number of carboxylic acids is 1. The zero-order chi connectivity index (χ0) is 26.2. The molecule has 0 amide bonds. The van der Waals surface area contributed by atoms with Crippen molar-refractivity contribution in [1.29, 1.82) is 0 Å². The van der Waals surface area contributed by atoms with E-state index >= 15 is 0 Å². The van der Waals surface area contributed by atoms with Gasteiger partial charge in [-0.15, -0.1) is 0 Å². The normalized spacial score (nSPS) is 12.2. The molecule has 0 saturated carbocycles. The Kier molecular flexibility index (Phi) is 5.77. The first-order valence-electron chi connectivity index (χ1n) is 12.2. The first-order valence-corrected chi connectivity index (χ1v) is 12.2. The van der Waals surface area contributed by atoms with E-state index in [1.54, 1.807) is 42.5 Å². The first-order chi connectivity index (χ1) is 18.5. The van der Waals surface area contributed by atoms with Gasteiger partial charge in [0.1, 0.15) is 17.2 Å². The number of aromatic nitrogens is 2. The molecule has 6 rings (SSSR count). The number of nitrogens with zero attached hydrogens (tertiary/aromatic N) is 2. The summed E-state index contributed by atoms with van der Waals surface area (Å²) in [7, 11) is 0. The first kappa shape index (κ1) is 23.3. The fourth-order valence-electron chi connectivity index (χ4n) is 5.00. The van der Waals surface area contributed by atoms with E-state index in [1.807, 2.05) is 65.2 Å². The molecular formula is C32H22N2O4. The largest absolute Gasteiger partial charge is 0.478 e. The van der Waals surface area contributed by atoms with Crippen LogP contribution in [0.25, 0.3) is 11.1 Å². The van der Waals surface area contributed by atoms with Gasteiger partial charge in [0.05, 0.1) is 5.56 Å². The molecule has 4 aromatic carbocycles. The maximum Gasteiger partial charge on any atom is 0.336 e. The van der Waals surface area contributed by atoms with Gasteiger partial charge in [-0.25, -0.2) is 9.78 Å². The number of ketones is 2. The van der Waals surface area contributed by atoms with Gasteiger partial charge in [-0.2, -0.15) is 0 Å². The quantitative estimate of drug-likeness (QED) is 0.320. The zero-order valence-corrected chi connectivity index (χ0v) is 20.3. The van der Waals surface area contributed by atoms with E-state index in [0.717, 1.165) is 16.7 Å². The lowest BCUT2D eigenvalue weighted by molar-refractivity contribution is 0.0697. The van der Waals surface area contributed by atoms with Gasteiger partial charge in [-0.1, -0.05) is 97.1 Å². The van der Waals surface area contributed by atoms with Crippen LogP contribution in [0.1, 0.15) is 59.4 Å². The number of carbonyl (C=O) groups is 3. The molecule has 0 radical (unpaired) electrons. The van der Waals surface area contributed by atoms with Crippen LogP contribution in [0, 0.1) is 0 Å². The molecule has 6 nitrogen and oxygen atoms in total. The van der Waals surface area contributed by atoms with Crippen LogP contribution < -0.4 is 0 Å². The molecule has 0 saturated heterocycles. The minimum atomic E-state index is -0.983. The monoisotopic (exact) mass is 498 g/mol. The maximum atomic E-state index is 13.6. The van der Waals surface area contributed by atoms with Gasteiger partial charge in [0, 0.05) is 24.1 Å². The predicted molar refractivity (Wildman–Crippen MR) is 143 cm³/mol. The lowest BCUT2D eigenvalue weighted by Crippen LogP contribution is -2.23. The smallest absolute Gasteiger partial charge is 0.336 e. The van der Waals surface area contributed by atoms with E-state index in [2.05, 4.69) is 0 Å². The Bertz CT molecular complexity index is 1720. The van der Waals surface area contributed by atoms with Crippen molar-refractivity contribution in [2.75, 3.05) is 0 Å². The second-order valence-corrected chi connectivity index (χ2v) is 9.23. The van der Waals surface area contributed by atoms with Crippen molar-refractivity contribution < 1.29 is 19.5 Å². The average Bonchev–Trinajstić information content (AvgIpc) is 3.30. The number of aromatic carboxylic acids is 1. The van der Waals surface area contributed by atoms with Crippen molar-refractivity contribution in [3.8, 4) is 11.1 Å². The molecular weight excluding hydrogens is 476 g/mol. The molecule has 1 N–H and O–H groups in total. The Morgan fingerprint density at radius 1 is 0.684 bits per heavy atom. The summed E-state index contributed by atoms with van der Waals surface area (Å²) < 4.78 is 1.85. The topological polar surface area (TPSA) is 89.3 Å². The highest BCUT2D eigenvalue weighted by Crippen LogP contribution is 2.30. The maximum absolute atomic E-state index is 13.6. The van der Waals surface area contributed by atoms with Crippen molar-refractivity contribution in [2.24, 2.45) is 0 Å². The number of hydrogen-bond acceptors (Lipinski definition) is 4. The van der Waals surface area contributed by atoms with E-state index in [0.29, 0.717) is 41.2 Å². The van der Waals surface area contributed by atoms with Crippen molar-refractivity contribution >= 4 is 17.5 Å². The molecule has 5 aromatic rings. The summed E-state index contributed by atoms with van der Waals surface area (Å²) in [5, 5.41) is 9.56. The predicted octanol–water partition coefficient (Wildman–Crippen LogP) is 5.66. The van der Waals surface area contributed by atoms with Crippen LogP contribution in [0.3, 0.4) is 0 Å². The number of hydrogen-bond donors (Lipinski definition) is 1. The molecule has 0 bridgehead atoms. The molecule has 6 heteroatoms. The average molecular weight is 499 g/mol. The Balaban J connectivity index is 1.42. The zero-order valence-electron chi connectivity index (χ0n) is 20.3. The Hall–Kier alpha value is -5.10. The van der Waals surface area contributed by atoms with Crippen LogP contribution in [0.15, 0.2) is 103 Å². The molecule has 1 aliphatic carbocycles. The Morgan fingerprint density at radius 3 is 1.97 bits per heavy atom. The van der Waals surface area contributed by atoms with Crippen LogP contribution in [-0.2, 0) is 13.0 Å². The van der Waals surface area contributed by atoms with Crippen molar-refractivity contribution in [3.05, 3.63) is 148 Å². The SMILES string of the molecule is O=C(O)c1ccccc1-c1ccc(Cn2c(Cc3ccccc3)nc3c2C(=O)c2ccccc2C3=O)cc1. The van der Waals surface area contributed by atoms with Gasteiger partial charge in [-0.3, -0.25) is 9.59 Å². The number of benzene rings is 4. The van der Waals surface area contributed by atoms with Gasteiger partial charge >= 0.3 is 5.97 Å². The summed E-state index contributed by atoms with van der Waals surface area (Å²) in [6.45, 7) is 0.340. The highest BCUT2D eigenvalue weighted by atomic mass is 16.4. The Morgan fingerprint density at radius 2 is 1.29 bits per heavy atom.